The van der Waals surface area contributed by atoms with Gasteiger partial charge in [0, 0.05) is 44.8 Å². The standard InChI is InChI=1S/C32H49N5O4/c1-8-9-10-11-12-27-29(36(23(2)3)31(40)37(24(4)5)30(27)39)35-19-17-34(18-20-35)22-28(38)32(6,7)41-26-15-13-25(21-33)14-16-26/h13-16,23-24,28,38H,8-12,17-20,22H2,1-7H3. The number of hydrogen-bond acceptors (Lipinski definition) is 7. The number of anilines is 1. The number of hydrogen-bond donors (Lipinski definition) is 1. The lowest BCUT2D eigenvalue weighted by molar-refractivity contribution is -0.0449. The van der Waals surface area contributed by atoms with Crippen LogP contribution in [0.25, 0.3) is 0 Å². The molecule has 9 heteroatoms. The van der Waals surface area contributed by atoms with Gasteiger partial charge in [-0.3, -0.25) is 18.8 Å². The van der Waals surface area contributed by atoms with Crippen LogP contribution in [0, 0.1) is 11.3 Å². The minimum atomic E-state index is -0.837. The fraction of sp³-hybridized carbons (Fsp3) is 0.656. The lowest BCUT2D eigenvalue weighted by atomic mass is 10.0. The van der Waals surface area contributed by atoms with Crippen LogP contribution in [-0.2, 0) is 6.42 Å². The highest BCUT2D eigenvalue weighted by Gasteiger charge is 2.34. The molecular weight excluding hydrogens is 518 g/mol. The number of nitriles is 1. The number of aliphatic hydroxyl groups is 1. The Morgan fingerprint density at radius 1 is 0.951 bits per heavy atom. The summed E-state index contributed by atoms with van der Waals surface area (Å²) in [5, 5.41) is 20.1. The Balaban J connectivity index is 1.79. The number of aromatic nitrogens is 2. The van der Waals surface area contributed by atoms with E-state index in [1.165, 1.54) is 4.57 Å². The maximum absolute atomic E-state index is 13.7. The summed E-state index contributed by atoms with van der Waals surface area (Å²) in [5.41, 5.74) is 0.0617. The minimum Gasteiger partial charge on any atom is -0.485 e. The van der Waals surface area contributed by atoms with Gasteiger partial charge < -0.3 is 14.7 Å². The zero-order valence-corrected chi connectivity index (χ0v) is 26.0. The fourth-order valence-electron chi connectivity index (χ4n) is 5.47. The Labute approximate surface area is 245 Å². The first-order valence-electron chi connectivity index (χ1n) is 15.2. The second-order valence-corrected chi connectivity index (χ2v) is 12.3. The van der Waals surface area contributed by atoms with Crippen molar-refractivity contribution in [2.24, 2.45) is 0 Å². The monoisotopic (exact) mass is 567 g/mol. The van der Waals surface area contributed by atoms with Crippen LogP contribution in [0.5, 0.6) is 5.75 Å². The third kappa shape index (κ3) is 7.81. The molecule has 1 aromatic heterocycles. The molecule has 41 heavy (non-hydrogen) atoms. The van der Waals surface area contributed by atoms with Gasteiger partial charge in [0.15, 0.2) is 0 Å². The first-order valence-corrected chi connectivity index (χ1v) is 15.2. The summed E-state index contributed by atoms with van der Waals surface area (Å²) in [6.07, 6.45) is 4.15. The van der Waals surface area contributed by atoms with Gasteiger partial charge in [0.05, 0.1) is 17.2 Å². The van der Waals surface area contributed by atoms with Gasteiger partial charge >= 0.3 is 5.69 Å². The van der Waals surface area contributed by atoms with Gasteiger partial charge in [0.2, 0.25) is 0 Å². The first kappa shape index (κ1) is 32.4. The van der Waals surface area contributed by atoms with Gasteiger partial charge in [0.1, 0.15) is 23.3 Å². The quantitative estimate of drug-likeness (QED) is 0.355. The predicted octanol–water partition coefficient (Wildman–Crippen LogP) is 4.51. The average molecular weight is 568 g/mol. The molecule has 1 aromatic carbocycles. The number of benzene rings is 1. The molecule has 0 saturated carbocycles. The third-order valence-electron chi connectivity index (χ3n) is 7.97. The normalized spacial score (nSPS) is 15.4. The van der Waals surface area contributed by atoms with Gasteiger partial charge in [-0.2, -0.15) is 5.26 Å². The molecule has 2 aromatic rings. The zero-order chi connectivity index (χ0) is 30.3. The molecule has 9 nitrogen and oxygen atoms in total. The maximum atomic E-state index is 13.7. The molecule has 1 fully saturated rings. The van der Waals surface area contributed by atoms with Crippen molar-refractivity contribution in [3.63, 3.8) is 0 Å². The largest absolute Gasteiger partial charge is 0.485 e. The van der Waals surface area contributed by atoms with E-state index in [4.69, 9.17) is 10.00 Å². The van der Waals surface area contributed by atoms with E-state index in [0.29, 0.717) is 50.5 Å². The number of aliphatic hydroxyl groups excluding tert-OH is 1. The molecule has 226 valence electrons. The van der Waals surface area contributed by atoms with Crippen molar-refractivity contribution in [3.05, 3.63) is 56.2 Å². The Hall–Kier alpha value is -3.09. The summed E-state index contributed by atoms with van der Waals surface area (Å²) in [5.74, 6) is 1.38. The number of rotatable bonds is 13. The summed E-state index contributed by atoms with van der Waals surface area (Å²) in [7, 11) is 0. The van der Waals surface area contributed by atoms with Crippen LogP contribution in [0.3, 0.4) is 0 Å². The molecule has 0 spiro atoms. The molecule has 1 N–H and O–H groups in total. The zero-order valence-electron chi connectivity index (χ0n) is 26.0. The van der Waals surface area contributed by atoms with Crippen molar-refractivity contribution in [2.45, 2.75) is 104 Å². The highest BCUT2D eigenvalue weighted by atomic mass is 16.5. The Kier molecular flexibility index (Phi) is 11.2. The molecule has 0 aliphatic carbocycles. The minimum absolute atomic E-state index is 0.0856. The number of β-amino-alcohol motifs (C(OH)–C–C–N with tert-alkyl or cyclic N) is 1. The van der Waals surface area contributed by atoms with E-state index >= 15 is 0 Å². The van der Waals surface area contributed by atoms with Crippen molar-refractivity contribution in [1.82, 2.24) is 14.0 Å². The van der Waals surface area contributed by atoms with Crippen molar-refractivity contribution in [1.29, 1.82) is 5.26 Å². The van der Waals surface area contributed by atoms with Gasteiger partial charge in [-0.05, 0) is 78.6 Å². The molecule has 1 unspecified atom stereocenters. The number of unbranched alkanes of at least 4 members (excludes halogenated alkanes) is 3. The first-order chi connectivity index (χ1) is 19.4. The van der Waals surface area contributed by atoms with Crippen LogP contribution in [0.4, 0.5) is 5.82 Å². The third-order valence-corrected chi connectivity index (χ3v) is 7.97. The average Bonchev–Trinajstić information content (AvgIpc) is 2.92. The van der Waals surface area contributed by atoms with Crippen LogP contribution < -0.4 is 20.9 Å². The van der Waals surface area contributed by atoms with E-state index in [1.807, 2.05) is 46.1 Å². The van der Waals surface area contributed by atoms with Gasteiger partial charge in [0.25, 0.3) is 5.56 Å². The van der Waals surface area contributed by atoms with Gasteiger partial charge in [-0.25, -0.2) is 4.79 Å². The maximum Gasteiger partial charge on any atom is 0.333 e. The topological polar surface area (TPSA) is 104 Å². The van der Waals surface area contributed by atoms with Crippen molar-refractivity contribution in [2.75, 3.05) is 37.6 Å². The van der Waals surface area contributed by atoms with E-state index in [9.17, 15) is 14.7 Å². The molecule has 3 rings (SSSR count). The smallest absolute Gasteiger partial charge is 0.333 e. The molecule has 0 amide bonds. The summed E-state index contributed by atoms with van der Waals surface area (Å²) in [4.78, 5) is 31.7. The highest BCUT2D eigenvalue weighted by molar-refractivity contribution is 5.48. The van der Waals surface area contributed by atoms with Gasteiger partial charge in [-0.1, -0.05) is 26.2 Å². The van der Waals surface area contributed by atoms with Gasteiger partial charge in [-0.15, -0.1) is 0 Å². The predicted molar refractivity (Wildman–Crippen MR) is 164 cm³/mol. The summed E-state index contributed by atoms with van der Waals surface area (Å²) >= 11 is 0. The van der Waals surface area contributed by atoms with E-state index in [0.717, 1.165) is 37.1 Å². The van der Waals surface area contributed by atoms with Crippen molar-refractivity contribution >= 4 is 5.82 Å². The van der Waals surface area contributed by atoms with E-state index < -0.39 is 11.7 Å². The van der Waals surface area contributed by atoms with E-state index in [-0.39, 0.29) is 23.3 Å². The summed E-state index contributed by atoms with van der Waals surface area (Å²) in [6, 6.07) is 8.69. The second-order valence-electron chi connectivity index (χ2n) is 12.3. The van der Waals surface area contributed by atoms with Crippen molar-refractivity contribution < 1.29 is 9.84 Å². The van der Waals surface area contributed by atoms with Crippen LogP contribution in [0.15, 0.2) is 33.9 Å². The Morgan fingerprint density at radius 2 is 1.56 bits per heavy atom. The Bertz CT molecular complexity index is 1300. The van der Waals surface area contributed by atoms with E-state index in [2.05, 4.69) is 22.8 Å². The summed E-state index contributed by atoms with van der Waals surface area (Å²) in [6.45, 7) is 16.8. The van der Waals surface area contributed by atoms with Crippen LogP contribution >= 0.6 is 0 Å². The number of nitrogens with zero attached hydrogens (tertiary/aromatic N) is 5. The highest BCUT2D eigenvalue weighted by Crippen LogP contribution is 2.26. The lowest BCUT2D eigenvalue weighted by Gasteiger charge is -2.41. The second kappa shape index (κ2) is 14.2. The van der Waals surface area contributed by atoms with Crippen LogP contribution in [0.1, 0.15) is 97.4 Å². The molecule has 1 aliphatic heterocycles. The molecule has 1 atom stereocenters. The molecule has 1 saturated heterocycles. The lowest BCUT2D eigenvalue weighted by Crippen LogP contribution is -2.55. The van der Waals surface area contributed by atoms with E-state index in [1.54, 1.807) is 24.3 Å². The number of ether oxygens (including phenoxy) is 1. The molecule has 0 bridgehead atoms. The molecule has 1 aliphatic rings. The molecule has 2 heterocycles. The van der Waals surface area contributed by atoms with Crippen LogP contribution in [0.2, 0.25) is 0 Å². The summed E-state index contributed by atoms with van der Waals surface area (Å²) < 4.78 is 9.33. The molecular formula is C32H49N5O4. The van der Waals surface area contributed by atoms with Crippen molar-refractivity contribution in [3.8, 4) is 11.8 Å². The fourth-order valence-corrected chi connectivity index (χ4v) is 5.47. The van der Waals surface area contributed by atoms with Crippen LogP contribution in [-0.4, -0.2) is 63.6 Å². The molecule has 0 radical (unpaired) electrons. The number of piperazine rings is 1. The SMILES string of the molecule is CCCCCCc1c(N2CCN(CC(O)C(C)(C)Oc3ccc(C#N)cc3)CC2)n(C(C)C)c(=O)n(C(C)C)c1=O. The Morgan fingerprint density at radius 3 is 2.10 bits per heavy atom.